The number of rotatable bonds is 4. The standard InChI is InChI=1S/C8H16O/c1-3-5-6-7-8(9)4-2/h7,9H,3-6H2,1-2H3/b8-7-. The van der Waals surface area contributed by atoms with Crippen LogP contribution in [-0.4, -0.2) is 5.11 Å². The molecular weight excluding hydrogens is 112 g/mol. The highest BCUT2D eigenvalue weighted by atomic mass is 16.3. The van der Waals surface area contributed by atoms with Crippen LogP contribution in [0.3, 0.4) is 0 Å². The van der Waals surface area contributed by atoms with Crippen molar-refractivity contribution < 1.29 is 5.11 Å². The van der Waals surface area contributed by atoms with Gasteiger partial charge in [-0.3, -0.25) is 0 Å². The first-order valence-corrected chi connectivity index (χ1v) is 3.69. The summed E-state index contributed by atoms with van der Waals surface area (Å²) in [7, 11) is 0. The summed E-state index contributed by atoms with van der Waals surface area (Å²) < 4.78 is 0. The summed E-state index contributed by atoms with van der Waals surface area (Å²) in [5, 5.41) is 8.95. The minimum atomic E-state index is 0.531. The van der Waals surface area contributed by atoms with Crippen molar-refractivity contribution in [2.45, 2.75) is 39.5 Å². The van der Waals surface area contributed by atoms with E-state index in [0.29, 0.717) is 5.76 Å². The Bertz CT molecular complexity index is 84.6. The van der Waals surface area contributed by atoms with Crippen LogP contribution >= 0.6 is 0 Å². The van der Waals surface area contributed by atoms with Gasteiger partial charge in [0.05, 0.1) is 5.76 Å². The van der Waals surface area contributed by atoms with Gasteiger partial charge < -0.3 is 5.11 Å². The maximum atomic E-state index is 8.95. The van der Waals surface area contributed by atoms with Gasteiger partial charge in [0, 0.05) is 6.42 Å². The lowest BCUT2D eigenvalue weighted by molar-refractivity contribution is 0.391. The molecule has 0 heterocycles. The Morgan fingerprint density at radius 1 is 1.44 bits per heavy atom. The van der Waals surface area contributed by atoms with Gasteiger partial charge in [0.25, 0.3) is 0 Å². The van der Waals surface area contributed by atoms with Gasteiger partial charge in [0.15, 0.2) is 0 Å². The maximum absolute atomic E-state index is 8.95. The molecule has 9 heavy (non-hydrogen) atoms. The number of hydrogen-bond donors (Lipinski definition) is 1. The van der Waals surface area contributed by atoms with E-state index in [9.17, 15) is 0 Å². The van der Waals surface area contributed by atoms with E-state index >= 15 is 0 Å². The van der Waals surface area contributed by atoms with E-state index in [2.05, 4.69) is 6.92 Å². The van der Waals surface area contributed by atoms with E-state index < -0.39 is 0 Å². The second kappa shape index (κ2) is 5.67. The van der Waals surface area contributed by atoms with E-state index in [4.69, 9.17) is 5.11 Å². The highest BCUT2D eigenvalue weighted by Gasteiger charge is 1.84. The van der Waals surface area contributed by atoms with E-state index in [1.54, 1.807) is 0 Å². The summed E-state index contributed by atoms with van der Waals surface area (Å²) in [4.78, 5) is 0. The van der Waals surface area contributed by atoms with Crippen molar-refractivity contribution >= 4 is 0 Å². The molecule has 0 fully saturated rings. The molecule has 0 radical (unpaired) electrons. The Labute approximate surface area is 57.4 Å². The molecule has 0 saturated carbocycles. The predicted molar refractivity (Wildman–Crippen MR) is 40.5 cm³/mol. The monoisotopic (exact) mass is 128 g/mol. The Morgan fingerprint density at radius 3 is 2.56 bits per heavy atom. The van der Waals surface area contributed by atoms with Crippen molar-refractivity contribution in [3.8, 4) is 0 Å². The lowest BCUT2D eigenvalue weighted by Gasteiger charge is -1.92. The fraction of sp³-hybridized carbons (Fsp3) is 0.750. The summed E-state index contributed by atoms with van der Waals surface area (Å²) in [6, 6.07) is 0. The predicted octanol–water partition coefficient (Wildman–Crippen LogP) is 3.03. The van der Waals surface area contributed by atoms with E-state index in [1.165, 1.54) is 12.8 Å². The Kier molecular flexibility index (Phi) is 5.38. The molecule has 1 heteroatoms. The summed E-state index contributed by atoms with van der Waals surface area (Å²) in [5.41, 5.74) is 0. The molecule has 0 aromatic carbocycles. The van der Waals surface area contributed by atoms with Crippen molar-refractivity contribution in [2.75, 3.05) is 0 Å². The lowest BCUT2D eigenvalue weighted by atomic mass is 10.2. The van der Waals surface area contributed by atoms with E-state index in [0.717, 1.165) is 12.8 Å². The fourth-order valence-corrected chi connectivity index (χ4v) is 0.617. The average molecular weight is 128 g/mol. The summed E-state index contributed by atoms with van der Waals surface area (Å²) >= 11 is 0. The van der Waals surface area contributed by atoms with Crippen LogP contribution in [0.1, 0.15) is 39.5 Å². The summed E-state index contributed by atoms with van der Waals surface area (Å²) in [5.74, 6) is 0.531. The third-order valence-electron chi connectivity index (χ3n) is 1.30. The van der Waals surface area contributed by atoms with Crippen LogP contribution in [0.15, 0.2) is 11.8 Å². The van der Waals surface area contributed by atoms with Gasteiger partial charge in [-0.25, -0.2) is 0 Å². The van der Waals surface area contributed by atoms with Crippen molar-refractivity contribution in [1.29, 1.82) is 0 Å². The zero-order valence-corrected chi connectivity index (χ0v) is 6.35. The number of unbranched alkanes of at least 4 members (excludes halogenated alkanes) is 2. The highest BCUT2D eigenvalue weighted by molar-refractivity contribution is 4.88. The van der Waals surface area contributed by atoms with E-state index in [1.807, 2.05) is 13.0 Å². The second-order valence-electron chi connectivity index (χ2n) is 2.19. The second-order valence-corrected chi connectivity index (χ2v) is 2.19. The third kappa shape index (κ3) is 5.41. The smallest absolute Gasteiger partial charge is 0.0880 e. The van der Waals surface area contributed by atoms with Gasteiger partial charge in [-0.05, 0) is 18.9 Å². The van der Waals surface area contributed by atoms with Crippen molar-refractivity contribution in [1.82, 2.24) is 0 Å². The largest absolute Gasteiger partial charge is 0.513 e. The Hall–Kier alpha value is -0.460. The third-order valence-corrected chi connectivity index (χ3v) is 1.30. The van der Waals surface area contributed by atoms with Crippen LogP contribution in [0.5, 0.6) is 0 Å². The quantitative estimate of drug-likeness (QED) is 0.455. The topological polar surface area (TPSA) is 20.2 Å². The van der Waals surface area contributed by atoms with Gasteiger partial charge in [-0.15, -0.1) is 0 Å². The molecule has 0 bridgehead atoms. The highest BCUT2D eigenvalue weighted by Crippen LogP contribution is 2.00. The Morgan fingerprint density at radius 2 is 2.11 bits per heavy atom. The van der Waals surface area contributed by atoms with Crippen LogP contribution in [0, 0.1) is 0 Å². The number of aliphatic hydroxyl groups is 1. The first-order chi connectivity index (χ1) is 4.31. The molecular formula is C8H16O. The van der Waals surface area contributed by atoms with Crippen molar-refractivity contribution in [3.05, 3.63) is 11.8 Å². The van der Waals surface area contributed by atoms with Crippen molar-refractivity contribution in [2.24, 2.45) is 0 Å². The van der Waals surface area contributed by atoms with Crippen LogP contribution in [0.25, 0.3) is 0 Å². The number of allylic oxidation sites excluding steroid dienone is 2. The normalized spacial score (nSPS) is 12.0. The van der Waals surface area contributed by atoms with Crippen LogP contribution < -0.4 is 0 Å². The van der Waals surface area contributed by atoms with Gasteiger partial charge >= 0.3 is 0 Å². The molecule has 0 atom stereocenters. The maximum Gasteiger partial charge on any atom is 0.0880 e. The van der Waals surface area contributed by atoms with E-state index in [-0.39, 0.29) is 0 Å². The SMILES string of the molecule is CCCC/C=C(\O)CC. The average Bonchev–Trinajstić information content (AvgIpc) is 1.89. The summed E-state index contributed by atoms with van der Waals surface area (Å²) in [6.45, 7) is 4.11. The van der Waals surface area contributed by atoms with Crippen molar-refractivity contribution in [3.63, 3.8) is 0 Å². The zero-order chi connectivity index (χ0) is 7.11. The van der Waals surface area contributed by atoms with Crippen LogP contribution in [-0.2, 0) is 0 Å². The minimum Gasteiger partial charge on any atom is -0.513 e. The molecule has 54 valence electrons. The minimum absolute atomic E-state index is 0.531. The van der Waals surface area contributed by atoms with Gasteiger partial charge in [-0.1, -0.05) is 20.3 Å². The number of hydrogen-bond acceptors (Lipinski definition) is 1. The molecule has 0 saturated heterocycles. The van der Waals surface area contributed by atoms with Gasteiger partial charge in [-0.2, -0.15) is 0 Å². The molecule has 0 aliphatic carbocycles. The molecule has 0 aliphatic heterocycles. The van der Waals surface area contributed by atoms with Gasteiger partial charge in [0.2, 0.25) is 0 Å². The first-order valence-electron chi connectivity index (χ1n) is 3.69. The molecule has 0 aromatic rings. The zero-order valence-electron chi connectivity index (χ0n) is 6.35. The molecule has 0 aromatic heterocycles. The molecule has 0 spiro atoms. The first kappa shape index (κ1) is 8.54. The molecule has 1 N–H and O–H groups in total. The Balaban J connectivity index is 3.21. The fourth-order valence-electron chi connectivity index (χ4n) is 0.617. The molecule has 0 aliphatic rings. The number of aliphatic hydroxyl groups excluding tert-OH is 1. The van der Waals surface area contributed by atoms with Crippen LogP contribution in [0.2, 0.25) is 0 Å². The van der Waals surface area contributed by atoms with Gasteiger partial charge in [0.1, 0.15) is 0 Å². The molecule has 0 amide bonds. The summed E-state index contributed by atoms with van der Waals surface area (Å²) in [6.07, 6.45) is 6.08. The molecule has 1 nitrogen and oxygen atoms in total. The molecule has 0 rings (SSSR count). The van der Waals surface area contributed by atoms with Crippen LogP contribution in [0.4, 0.5) is 0 Å². The lowest BCUT2D eigenvalue weighted by Crippen LogP contribution is -1.76. The molecule has 0 unspecified atom stereocenters.